The number of halogens is 1. The van der Waals surface area contributed by atoms with Crippen molar-refractivity contribution in [1.29, 1.82) is 0 Å². The minimum absolute atomic E-state index is 0.0366. The molecule has 0 bridgehead atoms. The number of carbonyl (C=O) groups excluding carboxylic acids is 1. The third-order valence-corrected chi connectivity index (χ3v) is 5.48. The van der Waals surface area contributed by atoms with E-state index in [4.69, 9.17) is 0 Å². The van der Waals surface area contributed by atoms with Gasteiger partial charge in [0.15, 0.2) is 5.78 Å². The molecule has 0 aliphatic rings. The van der Waals surface area contributed by atoms with Gasteiger partial charge < -0.3 is 5.32 Å². The Morgan fingerprint density at radius 1 is 1.12 bits per heavy atom. The maximum Gasteiger partial charge on any atom is 0.242 e. The molecule has 0 aliphatic carbocycles. The van der Waals surface area contributed by atoms with E-state index in [0.717, 1.165) is 4.31 Å². The van der Waals surface area contributed by atoms with Gasteiger partial charge in [-0.15, -0.1) is 0 Å². The van der Waals surface area contributed by atoms with Gasteiger partial charge in [0.05, 0.1) is 10.5 Å². The lowest BCUT2D eigenvalue weighted by atomic mass is 10.1. The lowest BCUT2D eigenvalue weighted by Gasteiger charge is -2.16. The Bertz CT molecular complexity index is 864. The fraction of sp³-hybridized carbons (Fsp3) is 0.235. The van der Waals surface area contributed by atoms with Gasteiger partial charge in [-0.1, -0.05) is 24.3 Å². The number of nitrogens with one attached hydrogen (secondary N) is 1. The van der Waals surface area contributed by atoms with Crippen molar-refractivity contribution in [3.8, 4) is 0 Å². The van der Waals surface area contributed by atoms with Crippen LogP contribution in [0.4, 0.5) is 10.1 Å². The molecule has 2 aromatic carbocycles. The maximum absolute atomic E-state index is 13.8. The van der Waals surface area contributed by atoms with E-state index < -0.39 is 21.6 Å². The molecule has 0 amide bonds. The molecule has 7 heteroatoms. The second-order valence-corrected chi connectivity index (χ2v) is 7.59. The van der Waals surface area contributed by atoms with Gasteiger partial charge in [-0.3, -0.25) is 4.79 Å². The highest BCUT2D eigenvalue weighted by molar-refractivity contribution is 7.89. The van der Waals surface area contributed by atoms with E-state index in [0.29, 0.717) is 11.3 Å². The number of sulfonamides is 1. The molecule has 0 atom stereocenters. The molecule has 0 saturated heterocycles. The first-order valence-corrected chi connectivity index (χ1v) is 8.73. The van der Waals surface area contributed by atoms with Gasteiger partial charge in [0.2, 0.25) is 10.0 Å². The molecule has 5 nitrogen and oxygen atoms in total. The quantitative estimate of drug-likeness (QED) is 0.814. The first-order valence-electron chi connectivity index (χ1n) is 7.29. The molecular weight excluding hydrogens is 331 g/mol. The van der Waals surface area contributed by atoms with Crippen LogP contribution in [0.3, 0.4) is 0 Å². The number of hydrogen-bond acceptors (Lipinski definition) is 4. The fourth-order valence-corrected chi connectivity index (χ4v) is 3.43. The predicted molar refractivity (Wildman–Crippen MR) is 91.0 cm³/mol. The fourth-order valence-electron chi connectivity index (χ4n) is 2.32. The molecule has 0 fully saturated rings. The summed E-state index contributed by atoms with van der Waals surface area (Å²) >= 11 is 0. The Labute approximate surface area is 141 Å². The van der Waals surface area contributed by atoms with E-state index >= 15 is 0 Å². The van der Waals surface area contributed by atoms with Crippen molar-refractivity contribution in [2.24, 2.45) is 0 Å². The highest BCUT2D eigenvalue weighted by atomic mass is 32.2. The van der Waals surface area contributed by atoms with Crippen molar-refractivity contribution in [2.75, 3.05) is 19.4 Å². The second kappa shape index (κ2) is 7.11. The summed E-state index contributed by atoms with van der Waals surface area (Å²) in [5.74, 6) is -1.01. The van der Waals surface area contributed by atoms with Crippen LogP contribution in [0.5, 0.6) is 0 Å². The van der Waals surface area contributed by atoms with Gasteiger partial charge in [-0.2, -0.15) is 0 Å². The summed E-state index contributed by atoms with van der Waals surface area (Å²) in [5.41, 5.74) is 0.829. The largest absolute Gasteiger partial charge is 0.380 e. The van der Waals surface area contributed by atoms with E-state index in [9.17, 15) is 17.6 Å². The molecule has 0 radical (unpaired) electrons. The first kappa shape index (κ1) is 18.1. The van der Waals surface area contributed by atoms with E-state index in [1.54, 1.807) is 24.3 Å². The zero-order chi connectivity index (χ0) is 17.9. The number of benzene rings is 2. The Morgan fingerprint density at radius 2 is 1.79 bits per heavy atom. The van der Waals surface area contributed by atoms with Crippen molar-refractivity contribution in [1.82, 2.24) is 4.31 Å². The van der Waals surface area contributed by atoms with Crippen LogP contribution in [-0.2, 0) is 16.6 Å². The zero-order valence-electron chi connectivity index (χ0n) is 13.7. The second-order valence-electron chi connectivity index (χ2n) is 5.47. The van der Waals surface area contributed by atoms with Crippen LogP contribution in [0, 0.1) is 5.82 Å². The van der Waals surface area contributed by atoms with Crippen molar-refractivity contribution < 1.29 is 17.6 Å². The third kappa shape index (κ3) is 3.63. The minimum atomic E-state index is -3.59. The summed E-state index contributed by atoms with van der Waals surface area (Å²) in [6.07, 6.45) is 0. The van der Waals surface area contributed by atoms with E-state index in [-0.39, 0.29) is 17.0 Å². The van der Waals surface area contributed by atoms with Crippen LogP contribution in [0.15, 0.2) is 47.4 Å². The molecule has 0 unspecified atom stereocenters. The monoisotopic (exact) mass is 350 g/mol. The number of rotatable bonds is 6. The first-order chi connectivity index (χ1) is 11.2. The topological polar surface area (TPSA) is 66.5 Å². The number of Topliss-reactive ketones (excluding diaryl/α,β-unsaturated/α-hetero) is 1. The van der Waals surface area contributed by atoms with Crippen molar-refractivity contribution in [3.63, 3.8) is 0 Å². The SMILES string of the molecule is CC(=O)c1c(F)cccc1NCc1ccccc1S(=O)(=O)N(C)C. The summed E-state index contributed by atoms with van der Waals surface area (Å²) in [7, 11) is -0.678. The van der Waals surface area contributed by atoms with Gasteiger partial charge in [-0.05, 0) is 30.7 Å². The van der Waals surface area contributed by atoms with E-state index in [1.165, 1.54) is 39.2 Å². The minimum Gasteiger partial charge on any atom is -0.380 e. The number of carbonyl (C=O) groups is 1. The lowest BCUT2D eigenvalue weighted by molar-refractivity contribution is 0.101. The Hall–Kier alpha value is -2.25. The van der Waals surface area contributed by atoms with Gasteiger partial charge in [0.25, 0.3) is 0 Å². The Kier molecular flexibility index (Phi) is 5.36. The summed E-state index contributed by atoms with van der Waals surface area (Å²) < 4.78 is 39.7. The van der Waals surface area contributed by atoms with Crippen LogP contribution in [0.2, 0.25) is 0 Å². The van der Waals surface area contributed by atoms with Crippen molar-refractivity contribution in [2.45, 2.75) is 18.4 Å². The van der Waals surface area contributed by atoms with E-state index in [2.05, 4.69) is 5.32 Å². The maximum atomic E-state index is 13.8. The number of anilines is 1. The Morgan fingerprint density at radius 3 is 2.42 bits per heavy atom. The molecule has 0 heterocycles. The molecule has 2 rings (SSSR count). The molecule has 1 N–H and O–H groups in total. The third-order valence-electron chi connectivity index (χ3n) is 3.57. The molecule has 128 valence electrons. The molecule has 0 aromatic heterocycles. The Balaban J connectivity index is 2.36. The lowest BCUT2D eigenvalue weighted by Crippen LogP contribution is -2.24. The van der Waals surface area contributed by atoms with Crippen LogP contribution in [0.1, 0.15) is 22.8 Å². The summed E-state index contributed by atoms with van der Waals surface area (Å²) in [6.45, 7) is 1.43. The highest BCUT2D eigenvalue weighted by Crippen LogP contribution is 2.23. The average Bonchev–Trinajstić information content (AvgIpc) is 2.52. The van der Waals surface area contributed by atoms with Crippen LogP contribution in [-0.4, -0.2) is 32.6 Å². The molecule has 2 aromatic rings. The van der Waals surface area contributed by atoms with Gasteiger partial charge in [0.1, 0.15) is 5.82 Å². The highest BCUT2D eigenvalue weighted by Gasteiger charge is 2.21. The summed E-state index contributed by atoms with van der Waals surface area (Å²) in [4.78, 5) is 11.8. The van der Waals surface area contributed by atoms with Gasteiger partial charge in [0, 0.05) is 26.3 Å². The van der Waals surface area contributed by atoms with Gasteiger partial charge in [-0.25, -0.2) is 17.1 Å². The van der Waals surface area contributed by atoms with E-state index in [1.807, 2.05) is 0 Å². The predicted octanol–water partition coefficient (Wildman–Crippen LogP) is 2.89. The molecule has 0 aliphatic heterocycles. The summed E-state index contributed by atoms with van der Waals surface area (Å²) in [6, 6.07) is 10.9. The number of nitrogens with zero attached hydrogens (tertiary/aromatic N) is 1. The smallest absolute Gasteiger partial charge is 0.242 e. The average molecular weight is 350 g/mol. The standard InChI is InChI=1S/C17H19FN2O3S/c1-12(21)17-14(18)8-6-9-15(17)19-11-13-7-4-5-10-16(13)24(22,23)20(2)3/h4-10,19H,11H2,1-3H3. The van der Waals surface area contributed by atoms with Crippen LogP contribution in [0.25, 0.3) is 0 Å². The molecule has 0 saturated carbocycles. The van der Waals surface area contributed by atoms with Crippen LogP contribution < -0.4 is 5.32 Å². The summed E-state index contributed by atoms with van der Waals surface area (Å²) in [5, 5.41) is 2.96. The zero-order valence-corrected chi connectivity index (χ0v) is 14.5. The van der Waals surface area contributed by atoms with Crippen LogP contribution >= 0.6 is 0 Å². The molecule has 0 spiro atoms. The van der Waals surface area contributed by atoms with Crippen molar-refractivity contribution >= 4 is 21.5 Å². The normalized spacial score (nSPS) is 11.5. The molecule has 24 heavy (non-hydrogen) atoms. The van der Waals surface area contributed by atoms with Crippen molar-refractivity contribution in [3.05, 3.63) is 59.4 Å². The number of ketones is 1. The number of hydrogen-bond donors (Lipinski definition) is 1. The van der Waals surface area contributed by atoms with Gasteiger partial charge >= 0.3 is 0 Å². The molecular formula is C17H19FN2O3S.